The molecule has 0 aliphatic heterocycles. The summed E-state index contributed by atoms with van der Waals surface area (Å²) in [6.45, 7) is -0.700. The maximum Gasteiger partial charge on any atom is 0.359 e. The van der Waals surface area contributed by atoms with E-state index in [9.17, 15) is 19.2 Å². The number of benzene rings is 2. The molecule has 0 saturated heterocycles. The number of H-pyrrole nitrogens is 1. The average molecular weight is 381 g/mol. The molecule has 9 nitrogen and oxygen atoms in total. The van der Waals surface area contributed by atoms with Crippen molar-refractivity contribution >= 4 is 28.6 Å². The Morgan fingerprint density at radius 1 is 1.04 bits per heavy atom. The van der Waals surface area contributed by atoms with E-state index in [2.05, 4.69) is 15.5 Å². The number of amides is 2. The number of nitrogens with one attached hydrogen (secondary N) is 2. The molecule has 0 spiro atoms. The van der Waals surface area contributed by atoms with Crippen LogP contribution in [0.1, 0.15) is 20.8 Å². The summed E-state index contributed by atoms with van der Waals surface area (Å²) in [6.07, 6.45) is 0. The number of hydrogen-bond acceptors (Lipinski definition) is 7. The van der Waals surface area contributed by atoms with Crippen LogP contribution in [0.4, 0.5) is 0 Å². The Hall–Kier alpha value is -4.01. The van der Waals surface area contributed by atoms with Gasteiger partial charge in [-0.25, -0.2) is 9.89 Å². The summed E-state index contributed by atoms with van der Waals surface area (Å²) in [5, 5.41) is 8.56. The van der Waals surface area contributed by atoms with Crippen LogP contribution in [-0.2, 0) is 9.53 Å². The van der Waals surface area contributed by atoms with Crippen molar-refractivity contribution in [2.45, 2.75) is 0 Å². The van der Waals surface area contributed by atoms with Crippen LogP contribution in [0.15, 0.2) is 53.3 Å². The van der Waals surface area contributed by atoms with E-state index in [0.717, 1.165) is 0 Å². The minimum Gasteiger partial charge on any atom is -0.496 e. The van der Waals surface area contributed by atoms with E-state index in [1.807, 2.05) is 0 Å². The number of fused-ring (bicyclic) bond motifs is 1. The molecule has 1 heterocycles. The fourth-order valence-corrected chi connectivity index (χ4v) is 2.53. The van der Waals surface area contributed by atoms with Crippen LogP contribution in [-0.4, -0.2) is 41.7 Å². The van der Waals surface area contributed by atoms with E-state index in [-0.39, 0.29) is 16.6 Å². The number of aromatic nitrogens is 2. The van der Waals surface area contributed by atoms with Gasteiger partial charge < -0.3 is 9.47 Å². The summed E-state index contributed by atoms with van der Waals surface area (Å²) in [7, 11) is 1.40. The van der Waals surface area contributed by atoms with Gasteiger partial charge in [0.15, 0.2) is 12.3 Å². The smallest absolute Gasteiger partial charge is 0.359 e. The Balaban J connectivity index is 1.67. The number of nitrogens with zero attached hydrogens (tertiary/aromatic N) is 1. The molecule has 2 amide bonds. The summed E-state index contributed by atoms with van der Waals surface area (Å²) in [5.74, 6) is -2.12. The number of imide groups is 1. The first-order valence-corrected chi connectivity index (χ1v) is 8.13. The van der Waals surface area contributed by atoms with Crippen molar-refractivity contribution < 1.29 is 23.9 Å². The van der Waals surface area contributed by atoms with Crippen molar-refractivity contribution in [3.63, 3.8) is 0 Å². The van der Waals surface area contributed by atoms with Crippen molar-refractivity contribution in [1.29, 1.82) is 0 Å². The molecule has 3 rings (SSSR count). The van der Waals surface area contributed by atoms with E-state index in [1.54, 1.807) is 36.4 Å². The molecule has 0 aliphatic carbocycles. The Kier molecular flexibility index (Phi) is 5.45. The second-order valence-electron chi connectivity index (χ2n) is 5.60. The fourth-order valence-electron chi connectivity index (χ4n) is 2.53. The van der Waals surface area contributed by atoms with Crippen LogP contribution in [0, 0.1) is 0 Å². The predicted octanol–water partition coefficient (Wildman–Crippen LogP) is 1.05. The highest BCUT2D eigenvalue weighted by atomic mass is 16.5. The molecule has 0 fully saturated rings. The second-order valence-corrected chi connectivity index (χ2v) is 5.60. The largest absolute Gasteiger partial charge is 0.496 e. The SMILES string of the molecule is COc1ccccc1C(=O)NC(=O)COC(=O)c1n[nH]c(=O)c2ccccc12. The van der Waals surface area contributed by atoms with Gasteiger partial charge in [-0.2, -0.15) is 5.10 Å². The molecule has 0 bridgehead atoms. The zero-order chi connectivity index (χ0) is 20.1. The number of aromatic amines is 1. The first-order chi connectivity index (χ1) is 13.5. The number of esters is 1. The third kappa shape index (κ3) is 3.88. The monoisotopic (exact) mass is 381 g/mol. The second kappa shape index (κ2) is 8.12. The third-order valence-corrected chi connectivity index (χ3v) is 3.83. The number of ether oxygens (including phenoxy) is 2. The molecule has 2 N–H and O–H groups in total. The Morgan fingerprint density at radius 2 is 1.71 bits per heavy atom. The standard InChI is InChI=1S/C19H15N3O6/c1-27-14-9-5-4-8-13(14)17(24)20-15(23)10-28-19(26)16-11-6-2-3-7-12(11)18(25)22-21-16/h2-9H,10H2,1H3,(H,22,25)(H,20,23,24). The van der Waals surface area contributed by atoms with Gasteiger partial charge in [-0.15, -0.1) is 0 Å². The zero-order valence-electron chi connectivity index (χ0n) is 14.7. The summed E-state index contributed by atoms with van der Waals surface area (Å²) in [6, 6.07) is 12.7. The third-order valence-electron chi connectivity index (χ3n) is 3.83. The first-order valence-electron chi connectivity index (χ1n) is 8.13. The van der Waals surface area contributed by atoms with Gasteiger partial charge in [-0.3, -0.25) is 19.7 Å². The van der Waals surface area contributed by atoms with Gasteiger partial charge in [0.1, 0.15) is 5.75 Å². The van der Waals surface area contributed by atoms with Gasteiger partial charge in [-0.05, 0) is 18.2 Å². The lowest BCUT2D eigenvalue weighted by Gasteiger charge is -2.09. The molecular weight excluding hydrogens is 366 g/mol. The normalized spacial score (nSPS) is 10.3. The van der Waals surface area contributed by atoms with Crippen molar-refractivity contribution in [3.05, 3.63) is 70.1 Å². The fraction of sp³-hybridized carbons (Fsp3) is 0.105. The Labute approximate surface area is 158 Å². The number of carbonyl (C=O) groups is 3. The minimum absolute atomic E-state index is 0.140. The maximum atomic E-state index is 12.2. The van der Waals surface area contributed by atoms with Crippen LogP contribution in [0.5, 0.6) is 5.75 Å². The van der Waals surface area contributed by atoms with Crippen LogP contribution >= 0.6 is 0 Å². The minimum atomic E-state index is -0.910. The number of methoxy groups -OCH3 is 1. The molecule has 0 aliphatic rings. The molecule has 0 saturated carbocycles. The van der Waals surface area contributed by atoms with Crippen molar-refractivity contribution in [2.24, 2.45) is 0 Å². The lowest BCUT2D eigenvalue weighted by Crippen LogP contribution is -2.34. The van der Waals surface area contributed by atoms with Crippen LogP contribution in [0.3, 0.4) is 0 Å². The Morgan fingerprint density at radius 3 is 2.46 bits per heavy atom. The molecule has 0 radical (unpaired) electrons. The van der Waals surface area contributed by atoms with E-state index in [1.165, 1.54) is 19.2 Å². The molecule has 9 heteroatoms. The van der Waals surface area contributed by atoms with E-state index < -0.39 is 29.9 Å². The average Bonchev–Trinajstić information content (AvgIpc) is 2.72. The highest BCUT2D eigenvalue weighted by molar-refractivity contribution is 6.07. The van der Waals surface area contributed by atoms with E-state index >= 15 is 0 Å². The summed E-state index contributed by atoms with van der Waals surface area (Å²) in [4.78, 5) is 48.1. The van der Waals surface area contributed by atoms with Crippen molar-refractivity contribution in [3.8, 4) is 5.75 Å². The number of rotatable bonds is 5. The predicted molar refractivity (Wildman–Crippen MR) is 98.1 cm³/mol. The molecule has 28 heavy (non-hydrogen) atoms. The number of carbonyl (C=O) groups excluding carboxylic acids is 3. The Bertz CT molecular complexity index is 1120. The molecular formula is C19H15N3O6. The van der Waals surface area contributed by atoms with Crippen LogP contribution < -0.4 is 15.6 Å². The highest BCUT2D eigenvalue weighted by Gasteiger charge is 2.19. The molecule has 0 atom stereocenters. The van der Waals surface area contributed by atoms with E-state index in [0.29, 0.717) is 11.1 Å². The van der Waals surface area contributed by atoms with Crippen LogP contribution in [0.2, 0.25) is 0 Å². The molecule has 2 aromatic carbocycles. The lowest BCUT2D eigenvalue weighted by molar-refractivity contribution is -0.123. The van der Waals surface area contributed by atoms with Gasteiger partial charge >= 0.3 is 5.97 Å². The number of para-hydroxylation sites is 1. The van der Waals surface area contributed by atoms with Gasteiger partial charge in [-0.1, -0.05) is 30.3 Å². The van der Waals surface area contributed by atoms with Gasteiger partial charge in [0.2, 0.25) is 0 Å². The number of hydrogen-bond donors (Lipinski definition) is 2. The van der Waals surface area contributed by atoms with Gasteiger partial charge in [0.05, 0.1) is 18.1 Å². The molecule has 142 valence electrons. The van der Waals surface area contributed by atoms with Crippen LogP contribution in [0.25, 0.3) is 10.8 Å². The van der Waals surface area contributed by atoms with E-state index in [4.69, 9.17) is 9.47 Å². The highest BCUT2D eigenvalue weighted by Crippen LogP contribution is 2.17. The summed E-state index contributed by atoms with van der Waals surface area (Å²) < 4.78 is 9.97. The summed E-state index contributed by atoms with van der Waals surface area (Å²) in [5.41, 5.74) is -0.427. The van der Waals surface area contributed by atoms with Gasteiger partial charge in [0.25, 0.3) is 17.4 Å². The van der Waals surface area contributed by atoms with Gasteiger partial charge in [0, 0.05) is 5.39 Å². The lowest BCUT2D eigenvalue weighted by atomic mass is 10.1. The molecule has 0 unspecified atom stereocenters. The van der Waals surface area contributed by atoms with Crippen molar-refractivity contribution in [1.82, 2.24) is 15.5 Å². The molecule has 3 aromatic rings. The topological polar surface area (TPSA) is 127 Å². The van der Waals surface area contributed by atoms with Crippen molar-refractivity contribution in [2.75, 3.05) is 13.7 Å². The maximum absolute atomic E-state index is 12.2. The molecule has 1 aromatic heterocycles. The first kappa shape index (κ1) is 18.8. The summed E-state index contributed by atoms with van der Waals surface area (Å²) >= 11 is 0. The quantitative estimate of drug-likeness (QED) is 0.632. The zero-order valence-corrected chi connectivity index (χ0v) is 14.7.